The Labute approximate surface area is 207 Å². The van der Waals surface area contributed by atoms with Gasteiger partial charge in [0, 0.05) is 53.2 Å². The Bertz CT molecular complexity index is 1050. The minimum absolute atomic E-state index is 0.0240. The van der Waals surface area contributed by atoms with E-state index in [9.17, 15) is 9.18 Å². The predicted octanol–water partition coefficient (Wildman–Crippen LogP) is 4.52. The van der Waals surface area contributed by atoms with Crippen molar-refractivity contribution >= 4 is 30.8 Å². The number of hydrogen-bond acceptors (Lipinski definition) is 6. The summed E-state index contributed by atoms with van der Waals surface area (Å²) in [6.07, 6.45) is 7.32. The first-order valence-electron chi connectivity index (χ1n) is 12.6. The molecule has 192 valence electrons. The summed E-state index contributed by atoms with van der Waals surface area (Å²) < 4.78 is 27.2. The van der Waals surface area contributed by atoms with Gasteiger partial charge in [0.25, 0.3) is 5.91 Å². The van der Waals surface area contributed by atoms with Crippen LogP contribution in [0.25, 0.3) is 11.0 Å². The Balaban J connectivity index is 1.59. The smallest absolute Gasteiger partial charge is 0.282 e. The molecule has 10 heteroatoms. The number of hydrogen-bond donors (Lipinski definition) is 1. The van der Waals surface area contributed by atoms with Crippen molar-refractivity contribution in [2.24, 2.45) is 0 Å². The van der Waals surface area contributed by atoms with E-state index in [1.54, 1.807) is 6.33 Å². The van der Waals surface area contributed by atoms with Crippen LogP contribution in [0.4, 0.5) is 10.2 Å². The molecule has 0 saturated carbocycles. The second kappa shape index (κ2) is 11.2. The number of halogens is 1. The van der Waals surface area contributed by atoms with Crippen molar-refractivity contribution in [3.8, 4) is 0 Å². The molecular weight excluding hydrogens is 465 g/mol. The summed E-state index contributed by atoms with van der Waals surface area (Å²) in [5.74, 6) is -0.423. The minimum atomic E-state index is -1.17. The molecule has 8 nitrogen and oxygen atoms in total. The number of aromatic nitrogens is 3. The summed E-state index contributed by atoms with van der Waals surface area (Å²) in [5, 5.41) is 4.56. The molecule has 4 rings (SSSR count). The molecular formula is C25H38FN5O3Si. The highest BCUT2D eigenvalue weighted by molar-refractivity contribution is 6.76. The van der Waals surface area contributed by atoms with Gasteiger partial charge >= 0.3 is 0 Å². The second-order valence-corrected chi connectivity index (χ2v) is 16.5. The standard InChI is InChI=1S/C25H38FN5O3Si/c1-18(26)25(32)30-9-5-6-20(14-30)29-23-22-21(19-7-10-33-11-8-19)15-31(24(22)28-16-27-23)17-34-12-13-35(2,3)4/h15-16,19-20H,1,5-14,17H2,2-4H3,(H,27,28,29)/t20-/m1/s1. The predicted molar refractivity (Wildman–Crippen MR) is 138 cm³/mol. The van der Waals surface area contributed by atoms with Crippen molar-refractivity contribution in [2.75, 3.05) is 38.2 Å². The van der Waals surface area contributed by atoms with Gasteiger partial charge in [-0.1, -0.05) is 26.2 Å². The van der Waals surface area contributed by atoms with Gasteiger partial charge in [0.1, 0.15) is 24.5 Å². The van der Waals surface area contributed by atoms with Gasteiger partial charge in [0.15, 0.2) is 5.83 Å². The van der Waals surface area contributed by atoms with Gasteiger partial charge in [-0.25, -0.2) is 14.4 Å². The Morgan fingerprint density at radius 3 is 2.77 bits per heavy atom. The summed E-state index contributed by atoms with van der Waals surface area (Å²) >= 11 is 0. The Hall–Kier alpha value is -2.30. The fraction of sp³-hybridized carbons (Fsp3) is 0.640. The quantitative estimate of drug-likeness (QED) is 0.308. The van der Waals surface area contributed by atoms with Crippen molar-refractivity contribution in [3.05, 3.63) is 30.5 Å². The maximum Gasteiger partial charge on any atom is 0.282 e. The highest BCUT2D eigenvalue weighted by Gasteiger charge is 2.28. The molecule has 0 unspecified atom stereocenters. The number of nitrogens with zero attached hydrogens (tertiary/aromatic N) is 4. The average molecular weight is 504 g/mol. The summed E-state index contributed by atoms with van der Waals surface area (Å²) in [6, 6.07) is 1.09. The van der Waals surface area contributed by atoms with E-state index < -0.39 is 19.8 Å². The van der Waals surface area contributed by atoms with E-state index in [0.717, 1.165) is 68.4 Å². The van der Waals surface area contributed by atoms with E-state index in [1.165, 1.54) is 10.5 Å². The van der Waals surface area contributed by atoms with Crippen LogP contribution < -0.4 is 5.32 Å². The number of fused-ring (bicyclic) bond motifs is 1. The number of carbonyl (C=O) groups is 1. The van der Waals surface area contributed by atoms with Crippen molar-refractivity contribution < 1.29 is 18.7 Å². The van der Waals surface area contributed by atoms with E-state index in [4.69, 9.17) is 9.47 Å². The lowest BCUT2D eigenvalue weighted by atomic mass is 9.92. The monoisotopic (exact) mass is 503 g/mol. The Morgan fingerprint density at radius 1 is 1.29 bits per heavy atom. The van der Waals surface area contributed by atoms with E-state index >= 15 is 0 Å². The van der Waals surface area contributed by atoms with Crippen LogP contribution in [0, 0.1) is 0 Å². The fourth-order valence-electron chi connectivity index (χ4n) is 4.87. The summed E-state index contributed by atoms with van der Waals surface area (Å²) in [4.78, 5) is 22.9. The maximum atomic E-state index is 13.4. The zero-order chi connectivity index (χ0) is 25.0. The number of piperidine rings is 1. The van der Waals surface area contributed by atoms with E-state index in [1.807, 2.05) is 0 Å². The van der Waals surface area contributed by atoms with Crippen LogP contribution in [0.3, 0.4) is 0 Å². The van der Waals surface area contributed by atoms with Gasteiger partial charge in [0.05, 0.1) is 5.39 Å². The van der Waals surface area contributed by atoms with Crippen LogP contribution in [0.15, 0.2) is 24.9 Å². The zero-order valence-corrected chi connectivity index (χ0v) is 22.2. The van der Waals surface area contributed by atoms with E-state index in [-0.39, 0.29) is 6.04 Å². The van der Waals surface area contributed by atoms with E-state index in [0.29, 0.717) is 25.7 Å². The zero-order valence-electron chi connectivity index (χ0n) is 21.2. The molecule has 2 saturated heterocycles. The lowest BCUT2D eigenvalue weighted by molar-refractivity contribution is -0.129. The van der Waals surface area contributed by atoms with Gasteiger partial charge in [-0.2, -0.15) is 0 Å². The van der Waals surface area contributed by atoms with Crippen molar-refractivity contribution in [2.45, 2.75) is 70.1 Å². The lowest BCUT2D eigenvalue weighted by Gasteiger charge is -2.33. The molecule has 4 heterocycles. The average Bonchev–Trinajstić information content (AvgIpc) is 3.21. The van der Waals surface area contributed by atoms with Gasteiger partial charge in [-0.15, -0.1) is 0 Å². The van der Waals surface area contributed by atoms with Gasteiger partial charge < -0.3 is 24.3 Å². The highest BCUT2D eigenvalue weighted by Crippen LogP contribution is 2.36. The summed E-state index contributed by atoms with van der Waals surface area (Å²) in [7, 11) is -1.17. The molecule has 0 spiro atoms. The first-order valence-corrected chi connectivity index (χ1v) is 16.3. The molecule has 0 radical (unpaired) electrons. The highest BCUT2D eigenvalue weighted by atomic mass is 28.3. The SMILES string of the molecule is C=C(F)C(=O)N1CCC[C@@H](Nc2ncnc3c2c(C2CCOCC2)cn3COCC[Si](C)(C)C)C1. The van der Waals surface area contributed by atoms with Crippen molar-refractivity contribution in [3.63, 3.8) is 0 Å². The lowest BCUT2D eigenvalue weighted by Crippen LogP contribution is -2.45. The summed E-state index contributed by atoms with van der Waals surface area (Å²) in [6.45, 7) is 13.8. The molecule has 0 aliphatic carbocycles. The number of ether oxygens (including phenoxy) is 2. The number of rotatable bonds is 9. The van der Waals surface area contributed by atoms with Crippen LogP contribution >= 0.6 is 0 Å². The second-order valence-electron chi connectivity index (χ2n) is 10.8. The molecule has 1 atom stereocenters. The van der Waals surface area contributed by atoms with E-state index in [2.05, 4.69) is 52.3 Å². The third-order valence-corrected chi connectivity index (χ3v) is 8.56. The molecule has 2 aromatic rings. The Morgan fingerprint density at radius 2 is 2.06 bits per heavy atom. The van der Waals surface area contributed by atoms with Gasteiger partial charge in [-0.05, 0) is 43.2 Å². The topological polar surface area (TPSA) is 81.5 Å². The molecule has 1 amide bonds. The molecule has 2 aliphatic rings. The molecule has 1 N–H and O–H groups in total. The third-order valence-electron chi connectivity index (χ3n) is 6.85. The first-order chi connectivity index (χ1) is 16.7. The van der Waals surface area contributed by atoms with Crippen LogP contribution in [0.1, 0.15) is 37.2 Å². The number of amides is 1. The number of nitrogens with one attached hydrogen (secondary N) is 1. The number of carbonyl (C=O) groups excluding carboxylic acids is 1. The van der Waals surface area contributed by atoms with Crippen LogP contribution in [0.5, 0.6) is 0 Å². The Kier molecular flexibility index (Phi) is 8.23. The van der Waals surface area contributed by atoms with Crippen molar-refractivity contribution in [1.82, 2.24) is 19.4 Å². The van der Waals surface area contributed by atoms with Crippen LogP contribution in [0.2, 0.25) is 25.7 Å². The maximum absolute atomic E-state index is 13.4. The largest absolute Gasteiger partial charge is 0.381 e. The third kappa shape index (κ3) is 6.48. The number of likely N-dealkylation sites (tertiary alicyclic amines) is 1. The van der Waals surface area contributed by atoms with Crippen LogP contribution in [-0.4, -0.2) is 72.4 Å². The van der Waals surface area contributed by atoms with Crippen LogP contribution in [-0.2, 0) is 21.0 Å². The molecule has 0 bridgehead atoms. The molecule has 0 aromatic carbocycles. The normalized spacial score (nSPS) is 19.8. The van der Waals surface area contributed by atoms with Gasteiger partial charge in [0.2, 0.25) is 0 Å². The molecule has 2 aliphatic heterocycles. The minimum Gasteiger partial charge on any atom is -0.381 e. The molecule has 2 fully saturated rings. The summed E-state index contributed by atoms with van der Waals surface area (Å²) in [5.41, 5.74) is 2.05. The van der Waals surface area contributed by atoms with Crippen molar-refractivity contribution in [1.29, 1.82) is 0 Å². The first kappa shape index (κ1) is 25.8. The molecule has 2 aromatic heterocycles. The fourth-order valence-corrected chi connectivity index (χ4v) is 5.62. The molecule has 35 heavy (non-hydrogen) atoms. The number of anilines is 1. The van der Waals surface area contributed by atoms with Gasteiger partial charge in [-0.3, -0.25) is 4.79 Å².